The molecule has 0 amide bonds. The monoisotopic (exact) mass is 364 g/mol. The molecular weight excluding hydrogens is 340 g/mol. The molecule has 7 nitrogen and oxygen atoms in total. The first kappa shape index (κ1) is 17.9. The number of hydrogen-bond donors (Lipinski definition) is 1. The third kappa shape index (κ3) is 3.17. The van der Waals surface area contributed by atoms with Crippen LogP contribution in [0.4, 0.5) is 0 Å². The highest BCUT2D eigenvalue weighted by Gasteiger charge is 2.36. The number of likely N-dealkylation sites (N-methyl/N-ethyl adjacent to an activating group) is 1. The maximum absolute atomic E-state index is 13.1. The minimum Gasteiger partial charge on any atom is -0.496 e. The molecule has 1 unspecified atom stereocenters. The zero-order chi connectivity index (χ0) is 18.2. The third-order valence-electron chi connectivity index (χ3n) is 4.77. The summed E-state index contributed by atoms with van der Waals surface area (Å²) in [6.07, 6.45) is 0. The molecule has 25 heavy (non-hydrogen) atoms. The van der Waals surface area contributed by atoms with Gasteiger partial charge in [-0.05, 0) is 27.0 Å². The Hall–Kier alpha value is -1.90. The highest BCUT2D eigenvalue weighted by molar-refractivity contribution is 7.89. The standard InChI is InChI=1S/C17H24N4O3S/c1-12-17(13(2)19-18-12)25(22,23)21-10-9-20(3)15(11-21)14-7-5-6-8-16(14)24-4/h5-8,15H,9-11H2,1-4H3,(H,18,19). The van der Waals surface area contributed by atoms with Gasteiger partial charge in [0.15, 0.2) is 0 Å². The molecule has 0 saturated carbocycles. The van der Waals surface area contributed by atoms with Gasteiger partial charge in [-0.1, -0.05) is 18.2 Å². The Morgan fingerprint density at radius 3 is 2.60 bits per heavy atom. The number of aromatic amines is 1. The number of hydrogen-bond acceptors (Lipinski definition) is 5. The van der Waals surface area contributed by atoms with Crippen LogP contribution in [0.2, 0.25) is 0 Å². The number of methoxy groups -OCH3 is 1. The molecule has 1 aliphatic heterocycles. The second kappa shape index (κ2) is 6.78. The summed E-state index contributed by atoms with van der Waals surface area (Å²) < 4.78 is 33.3. The summed E-state index contributed by atoms with van der Waals surface area (Å²) in [5.41, 5.74) is 2.07. The molecule has 3 rings (SSSR count). The summed E-state index contributed by atoms with van der Waals surface area (Å²) in [6.45, 7) is 4.93. The molecule has 0 spiro atoms. The Labute approximate surface area is 148 Å². The van der Waals surface area contributed by atoms with Crippen molar-refractivity contribution < 1.29 is 13.2 Å². The Balaban J connectivity index is 1.95. The van der Waals surface area contributed by atoms with Gasteiger partial charge in [-0.2, -0.15) is 9.40 Å². The van der Waals surface area contributed by atoms with Crippen molar-refractivity contribution in [2.75, 3.05) is 33.8 Å². The van der Waals surface area contributed by atoms with Crippen LogP contribution in [-0.4, -0.2) is 61.6 Å². The topological polar surface area (TPSA) is 78.5 Å². The molecule has 1 N–H and O–H groups in total. The molecule has 1 aromatic heterocycles. The Bertz CT molecular complexity index is 843. The SMILES string of the molecule is COc1ccccc1C1CN(S(=O)(=O)c2c(C)n[nH]c2C)CCN1C. The molecule has 0 radical (unpaired) electrons. The first-order chi connectivity index (χ1) is 11.9. The highest BCUT2D eigenvalue weighted by atomic mass is 32.2. The summed E-state index contributed by atoms with van der Waals surface area (Å²) in [4.78, 5) is 2.45. The number of ether oxygens (including phenoxy) is 1. The van der Waals surface area contributed by atoms with Crippen LogP contribution >= 0.6 is 0 Å². The molecule has 1 aliphatic rings. The van der Waals surface area contributed by atoms with E-state index in [4.69, 9.17) is 4.74 Å². The molecule has 8 heteroatoms. The number of aromatic nitrogens is 2. The van der Waals surface area contributed by atoms with Crippen LogP contribution in [0, 0.1) is 13.8 Å². The highest BCUT2D eigenvalue weighted by Crippen LogP contribution is 2.33. The van der Waals surface area contributed by atoms with E-state index < -0.39 is 10.0 Å². The number of para-hydroxylation sites is 1. The number of aryl methyl sites for hydroxylation is 2. The van der Waals surface area contributed by atoms with Gasteiger partial charge in [0.1, 0.15) is 10.6 Å². The minimum atomic E-state index is -3.59. The molecule has 1 atom stereocenters. The van der Waals surface area contributed by atoms with E-state index in [-0.39, 0.29) is 10.9 Å². The lowest BCUT2D eigenvalue weighted by molar-refractivity contribution is 0.145. The molecule has 0 aliphatic carbocycles. The van der Waals surface area contributed by atoms with Gasteiger partial charge in [0.2, 0.25) is 10.0 Å². The number of nitrogens with zero attached hydrogens (tertiary/aromatic N) is 3. The van der Waals surface area contributed by atoms with E-state index in [2.05, 4.69) is 15.1 Å². The van der Waals surface area contributed by atoms with E-state index in [0.29, 0.717) is 31.0 Å². The van der Waals surface area contributed by atoms with Crippen molar-refractivity contribution in [2.45, 2.75) is 24.8 Å². The van der Waals surface area contributed by atoms with Crippen molar-refractivity contribution in [2.24, 2.45) is 0 Å². The van der Waals surface area contributed by atoms with E-state index in [1.165, 1.54) is 0 Å². The van der Waals surface area contributed by atoms with Crippen molar-refractivity contribution in [3.8, 4) is 5.75 Å². The van der Waals surface area contributed by atoms with E-state index >= 15 is 0 Å². The number of sulfonamides is 1. The van der Waals surface area contributed by atoms with E-state index in [1.807, 2.05) is 31.3 Å². The zero-order valence-electron chi connectivity index (χ0n) is 15.0. The Morgan fingerprint density at radius 1 is 1.24 bits per heavy atom. The van der Waals surface area contributed by atoms with E-state index in [1.54, 1.807) is 25.3 Å². The molecular formula is C17H24N4O3S. The molecule has 1 saturated heterocycles. The largest absolute Gasteiger partial charge is 0.496 e. The van der Waals surface area contributed by atoms with Crippen LogP contribution in [0.3, 0.4) is 0 Å². The fraction of sp³-hybridized carbons (Fsp3) is 0.471. The molecule has 136 valence electrons. The van der Waals surface area contributed by atoms with Gasteiger partial charge in [-0.15, -0.1) is 0 Å². The van der Waals surface area contributed by atoms with Gasteiger partial charge >= 0.3 is 0 Å². The normalized spacial score (nSPS) is 19.9. The number of benzene rings is 1. The van der Waals surface area contributed by atoms with Crippen molar-refractivity contribution in [1.82, 2.24) is 19.4 Å². The summed E-state index contributed by atoms with van der Waals surface area (Å²) in [5.74, 6) is 0.772. The predicted molar refractivity (Wildman–Crippen MR) is 95.2 cm³/mol. The fourth-order valence-corrected chi connectivity index (χ4v) is 5.16. The third-order valence-corrected chi connectivity index (χ3v) is 6.90. The van der Waals surface area contributed by atoms with E-state index in [0.717, 1.165) is 11.3 Å². The van der Waals surface area contributed by atoms with Crippen LogP contribution in [0.25, 0.3) is 0 Å². The molecule has 1 aromatic carbocycles. The first-order valence-electron chi connectivity index (χ1n) is 8.21. The molecule has 0 bridgehead atoms. The maximum atomic E-state index is 13.1. The van der Waals surface area contributed by atoms with Gasteiger partial charge < -0.3 is 4.74 Å². The first-order valence-corrected chi connectivity index (χ1v) is 9.65. The Morgan fingerprint density at radius 2 is 1.96 bits per heavy atom. The lowest BCUT2D eigenvalue weighted by atomic mass is 10.0. The Kier molecular flexibility index (Phi) is 4.86. The quantitative estimate of drug-likeness (QED) is 0.894. The average molecular weight is 364 g/mol. The second-order valence-corrected chi connectivity index (χ2v) is 8.24. The van der Waals surface area contributed by atoms with Gasteiger partial charge in [0.25, 0.3) is 0 Å². The van der Waals surface area contributed by atoms with Crippen molar-refractivity contribution in [3.63, 3.8) is 0 Å². The van der Waals surface area contributed by atoms with Crippen LogP contribution in [-0.2, 0) is 10.0 Å². The molecule has 2 aromatic rings. The summed E-state index contributed by atoms with van der Waals surface area (Å²) in [7, 11) is 0.0508. The van der Waals surface area contributed by atoms with Crippen molar-refractivity contribution in [1.29, 1.82) is 0 Å². The summed E-state index contributed by atoms with van der Waals surface area (Å²) in [5, 5.41) is 6.80. The van der Waals surface area contributed by atoms with E-state index in [9.17, 15) is 8.42 Å². The second-order valence-electron chi connectivity index (χ2n) is 6.36. The van der Waals surface area contributed by atoms with Gasteiger partial charge in [0, 0.05) is 25.2 Å². The zero-order valence-corrected chi connectivity index (χ0v) is 15.8. The van der Waals surface area contributed by atoms with Crippen molar-refractivity contribution >= 4 is 10.0 Å². The smallest absolute Gasteiger partial charge is 0.246 e. The molecule has 1 fully saturated rings. The van der Waals surface area contributed by atoms with Crippen LogP contribution in [0.5, 0.6) is 5.75 Å². The van der Waals surface area contributed by atoms with Crippen LogP contribution in [0.15, 0.2) is 29.2 Å². The lowest BCUT2D eigenvalue weighted by Gasteiger charge is -2.39. The summed E-state index contributed by atoms with van der Waals surface area (Å²) >= 11 is 0. The number of rotatable bonds is 4. The number of H-pyrrole nitrogens is 1. The van der Waals surface area contributed by atoms with Gasteiger partial charge in [0.05, 0.1) is 24.5 Å². The molecule has 2 heterocycles. The lowest BCUT2D eigenvalue weighted by Crippen LogP contribution is -2.49. The fourth-order valence-electron chi connectivity index (χ4n) is 3.39. The maximum Gasteiger partial charge on any atom is 0.246 e. The summed E-state index contributed by atoms with van der Waals surface area (Å²) in [6, 6.07) is 7.69. The minimum absolute atomic E-state index is 0.0628. The van der Waals surface area contributed by atoms with Crippen molar-refractivity contribution in [3.05, 3.63) is 41.2 Å². The number of nitrogens with one attached hydrogen (secondary N) is 1. The number of piperazine rings is 1. The van der Waals surface area contributed by atoms with Crippen LogP contribution in [0.1, 0.15) is 23.0 Å². The van der Waals surface area contributed by atoms with Gasteiger partial charge in [-0.3, -0.25) is 10.00 Å². The van der Waals surface area contributed by atoms with Crippen LogP contribution < -0.4 is 4.74 Å². The predicted octanol–water partition coefficient (Wildman–Crippen LogP) is 1.71. The average Bonchev–Trinajstić information content (AvgIpc) is 2.94. The van der Waals surface area contributed by atoms with Gasteiger partial charge in [-0.25, -0.2) is 8.42 Å².